The lowest BCUT2D eigenvalue weighted by Crippen LogP contribution is -2.49. The van der Waals surface area contributed by atoms with Crippen LogP contribution in [0, 0.1) is 29.1 Å². The summed E-state index contributed by atoms with van der Waals surface area (Å²) < 4.78 is 28.8. The lowest BCUT2D eigenvalue weighted by Gasteiger charge is -2.56. The van der Waals surface area contributed by atoms with E-state index >= 15 is 0 Å². The van der Waals surface area contributed by atoms with E-state index in [0.717, 1.165) is 37.0 Å². The summed E-state index contributed by atoms with van der Waals surface area (Å²) in [4.78, 5) is 46.6. The summed E-state index contributed by atoms with van der Waals surface area (Å²) >= 11 is 0. The summed E-state index contributed by atoms with van der Waals surface area (Å²) in [7, 11) is -4.26. The second-order valence-electron chi connectivity index (χ2n) is 15.6. The quantitative estimate of drug-likeness (QED) is 0.473. The van der Waals surface area contributed by atoms with Crippen LogP contribution in [0.15, 0.2) is 35.4 Å². The van der Waals surface area contributed by atoms with Crippen LogP contribution in [0.1, 0.15) is 82.0 Å². The highest BCUT2D eigenvalue weighted by atomic mass is 32.2. The summed E-state index contributed by atoms with van der Waals surface area (Å²) in [6.07, 6.45) is 10.4. The van der Waals surface area contributed by atoms with Gasteiger partial charge in [-0.2, -0.15) is 8.42 Å². The van der Waals surface area contributed by atoms with Gasteiger partial charge < -0.3 is 10.2 Å². The lowest BCUT2D eigenvalue weighted by atomic mass is 9.50. The fourth-order valence-corrected chi connectivity index (χ4v) is 10.9. The molecule has 252 valence electrons. The minimum Gasteiger partial charge on any atom is -0.370 e. The molecule has 4 saturated carbocycles. The first kappa shape index (κ1) is 30.9. The molecule has 0 spiro atoms. The number of carbonyl (C=O) groups is 2. The number of aromatic nitrogens is 2. The number of hydrogen-bond donors (Lipinski definition) is 2. The van der Waals surface area contributed by atoms with Crippen molar-refractivity contribution < 1.29 is 22.8 Å². The number of hydroxylamine groups is 2. The first-order chi connectivity index (χ1) is 22.5. The summed E-state index contributed by atoms with van der Waals surface area (Å²) in [5.74, 6) is 3.22. The van der Waals surface area contributed by atoms with Crippen molar-refractivity contribution in [2.24, 2.45) is 29.1 Å². The van der Waals surface area contributed by atoms with Crippen molar-refractivity contribution in [1.82, 2.24) is 19.8 Å². The maximum atomic E-state index is 13.7. The Hall–Kier alpha value is -3.45. The molecule has 2 N–H and O–H groups in total. The van der Waals surface area contributed by atoms with Gasteiger partial charge in [0, 0.05) is 25.2 Å². The van der Waals surface area contributed by atoms with Crippen LogP contribution in [-0.4, -0.2) is 73.7 Å². The average Bonchev–Trinajstić information content (AvgIpc) is 3.54. The van der Waals surface area contributed by atoms with E-state index in [-0.39, 0.29) is 27.6 Å². The molecule has 6 fully saturated rings. The number of anilines is 3. The normalized spacial score (nSPS) is 32.4. The number of nitrogens with one attached hydrogen (secondary N) is 2. The van der Waals surface area contributed by atoms with Gasteiger partial charge in [0.25, 0.3) is 15.9 Å². The summed E-state index contributed by atoms with van der Waals surface area (Å²) in [6, 6.07) is 7.64. The van der Waals surface area contributed by atoms with Gasteiger partial charge in [-0.05, 0) is 125 Å². The molecule has 7 aliphatic rings. The maximum Gasteiger partial charge on any atom is 0.349 e. The van der Waals surface area contributed by atoms with E-state index < -0.39 is 15.9 Å². The van der Waals surface area contributed by atoms with Gasteiger partial charge in [0.2, 0.25) is 0 Å². The van der Waals surface area contributed by atoms with Crippen molar-refractivity contribution in [3.8, 4) is 0 Å². The third kappa shape index (κ3) is 5.72. The number of nitrogens with zero attached hydrogens (tertiary/aromatic N) is 5. The molecule has 0 aromatic carbocycles. The zero-order chi connectivity index (χ0) is 32.6. The Morgan fingerprint density at radius 3 is 2.43 bits per heavy atom. The molecule has 13 heteroatoms. The van der Waals surface area contributed by atoms with Crippen LogP contribution in [0.2, 0.25) is 0 Å². The van der Waals surface area contributed by atoms with Gasteiger partial charge in [-0.3, -0.25) is 14.5 Å². The third-order valence-electron chi connectivity index (χ3n) is 11.6. The van der Waals surface area contributed by atoms with Gasteiger partial charge in [0.05, 0.1) is 18.7 Å². The lowest BCUT2D eigenvalue weighted by molar-refractivity contribution is -0.174. The van der Waals surface area contributed by atoms with E-state index in [2.05, 4.69) is 33.8 Å². The van der Waals surface area contributed by atoms with Gasteiger partial charge in [0.1, 0.15) is 17.5 Å². The Kier molecular flexibility index (Phi) is 7.43. The van der Waals surface area contributed by atoms with Crippen LogP contribution < -0.4 is 19.8 Å². The predicted octanol–water partition coefficient (Wildman–Crippen LogP) is 4.80. The van der Waals surface area contributed by atoms with Gasteiger partial charge in [-0.1, -0.05) is 6.07 Å². The molecule has 9 rings (SSSR count). The van der Waals surface area contributed by atoms with Crippen LogP contribution in [0.4, 0.5) is 22.2 Å². The smallest absolute Gasteiger partial charge is 0.349 e. The SMILES string of the molecule is CC1(C)C[C@@H]2CCCNc3cccc(n3)S(=O)(=O)NC(=O)c3ccc(N4CCN(OCC56CC7CC(CC(C7)C5)C6)C4=O)nc3N1C2. The number of hydrogen-bond acceptors (Lipinski definition) is 9. The van der Waals surface area contributed by atoms with Gasteiger partial charge in [-0.15, -0.1) is 0 Å². The number of urea groups is 1. The highest BCUT2D eigenvalue weighted by Crippen LogP contribution is 2.60. The van der Waals surface area contributed by atoms with Crippen molar-refractivity contribution in [3.63, 3.8) is 0 Å². The zero-order valence-electron chi connectivity index (χ0n) is 27.3. The fraction of sp³-hybridized carbons (Fsp3) is 0.647. The molecule has 8 bridgehead atoms. The Bertz CT molecular complexity index is 1660. The highest BCUT2D eigenvalue weighted by Gasteiger charge is 2.51. The molecular formula is C34H45N7O5S. The molecule has 2 aromatic rings. The number of sulfonamides is 1. The number of carbonyl (C=O) groups excluding carboxylic acids is 2. The highest BCUT2D eigenvalue weighted by molar-refractivity contribution is 7.90. The Balaban J connectivity index is 1.06. The Morgan fingerprint density at radius 2 is 1.68 bits per heavy atom. The molecule has 1 atom stereocenters. The van der Waals surface area contributed by atoms with Gasteiger partial charge in [-0.25, -0.2) is 24.5 Å². The topological polar surface area (TPSA) is 137 Å². The molecule has 4 aliphatic carbocycles. The van der Waals surface area contributed by atoms with E-state index in [1.807, 2.05) is 0 Å². The van der Waals surface area contributed by atoms with E-state index in [1.165, 1.54) is 49.7 Å². The number of amides is 3. The molecule has 5 heterocycles. The minimum atomic E-state index is -4.26. The van der Waals surface area contributed by atoms with Crippen molar-refractivity contribution in [1.29, 1.82) is 0 Å². The van der Waals surface area contributed by atoms with E-state index in [9.17, 15) is 18.0 Å². The number of rotatable bonds is 4. The second-order valence-corrected chi connectivity index (χ2v) is 17.3. The molecule has 47 heavy (non-hydrogen) atoms. The van der Waals surface area contributed by atoms with Crippen molar-refractivity contribution >= 4 is 39.4 Å². The molecule has 0 unspecified atom stereocenters. The standard InChI is InChI=1S/C34H45N7O5S/c1-33(2)16-22-5-4-10-35-27-6-3-7-29(36-27)47(44,45)38-31(42)26-8-9-28(37-30(26)40(33)20-22)39-11-12-41(32(39)43)46-21-34-17-23-13-24(18-34)15-25(14-23)19-34/h3,6-9,22-25H,4-5,10-21H2,1-2H3,(H,35,36)(H,38,42)/t22-,23?,24?,25?,34?/m0/s1. The summed E-state index contributed by atoms with van der Waals surface area (Å²) in [5, 5.41) is 4.47. The molecule has 0 radical (unpaired) electrons. The molecular weight excluding hydrogens is 618 g/mol. The van der Waals surface area contributed by atoms with E-state index in [1.54, 1.807) is 29.2 Å². The Labute approximate surface area is 276 Å². The first-order valence-electron chi connectivity index (χ1n) is 17.3. The van der Waals surface area contributed by atoms with Crippen molar-refractivity contribution in [2.45, 2.75) is 82.2 Å². The number of pyridine rings is 2. The second kappa shape index (κ2) is 11.3. The van der Waals surface area contributed by atoms with Gasteiger partial charge >= 0.3 is 6.03 Å². The molecule has 2 saturated heterocycles. The fourth-order valence-electron chi connectivity index (χ4n) is 9.95. The first-order valence-corrected chi connectivity index (χ1v) is 18.7. The minimum absolute atomic E-state index is 0.136. The summed E-state index contributed by atoms with van der Waals surface area (Å²) in [6.45, 7) is 6.98. The molecule has 3 amide bonds. The maximum absolute atomic E-state index is 13.7. The van der Waals surface area contributed by atoms with Crippen LogP contribution >= 0.6 is 0 Å². The molecule has 12 nitrogen and oxygen atoms in total. The van der Waals surface area contributed by atoms with Crippen LogP contribution in [0.5, 0.6) is 0 Å². The van der Waals surface area contributed by atoms with Crippen LogP contribution in [0.3, 0.4) is 0 Å². The zero-order valence-corrected chi connectivity index (χ0v) is 28.1. The van der Waals surface area contributed by atoms with Crippen molar-refractivity contribution in [3.05, 3.63) is 35.9 Å². The largest absolute Gasteiger partial charge is 0.370 e. The molecule has 3 aliphatic heterocycles. The van der Waals surface area contributed by atoms with Crippen LogP contribution in [0.25, 0.3) is 0 Å². The number of fused-ring (bicyclic) bond motifs is 6. The van der Waals surface area contributed by atoms with E-state index in [0.29, 0.717) is 56.2 Å². The van der Waals surface area contributed by atoms with Gasteiger partial charge in [0.15, 0.2) is 5.03 Å². The monoisotopic (exact) mass is 663 g/mol. The van der Waals surface area contributed by atoms with Crippen LogP contribution in [-0.2, 0) is 14.9 Å². The van der Waals surface area contributed by atoms with Crippen molar-refractivity contribution in [2.75, 3.05) is 47.9 Å². The molecule has 2 aromatic heterocycles. The average molecular weight is 664 g/mol. The predicted molar refractivity (Wildman–Crippen MR) is 176 cm³/mol. The summed E-state index contributed by atoms with van der Waals surface area (Å²) in [5.41, 5.74) is -0.0208. The Morgan fingerprint density at radius 1 is 0.936 bits per heavy atom. The van der Waals surface area contributed by atoms with E-state index in [4.69, 9.17) is 9.82 Å². The third-order valence-corrected chi connectivity index (χ3v) is 12.8.